The Morgan fingerprint density at radius 1 is 1.29 bits per heavy atom. The largest absolute Gasteiger partial charge is 0.309 e. The highest BCUT2D eigenvalue weighted by atomic mass is 32.2. The van der Waals surface area contributed by atoms with Crippen molar-refractivity contribution in [2.75, 3.05) is 5.75 Å². The van der Waals surface area contributed by atoms with E-state index in [1.165, 1.54) is 17.3 Å². The van der Waals surface area contributed by atoms with Gasteiger partial charge in [-0.05, 0) is 5.56 Å². The summed E-state index contributed by atoms with van der Waals surface area (Å²) >= 11 is 1.41. The second kappa shape index (κ2) is 5.51. The average molecular weight is 244 g/mol. The van der Waals surface area contributed by atoms with Gasteiger partial charge in [0.15, 0.2) is 5.16 Å². The van der Waals surface area contributed by atoms with E-state index in [0.29, 0.717) is 5.75 Å². The molecule has 1 aromatic heterocycles. The number of hydrogen-bond acceptors (Lipinski definition) is 4. The highest BCUT2D eigenvalue weighted by Crippen LogP contribution is 2.16. The molecule has 0 amide bonds. The number of thioether (sulfide) groups is 1. The first kappa shape index (κ1) is 11.7. The summed E-state index contributed by atoms with van der Waals surface area (Å²) in [4.78, 5) is 0. The Morgan fingerprint density at radius 3 is 2.76 bits per heavy atom. The molecular formula is C12H12N4S. The summed E-state index contributed by atoms with van der Waals surface area (Å²) in [5, 5.41) is 17.5. The van der Waals surface area contributed by atoms with Crippen LogP contribution in [-0.4, -0.2) is 20.5 Å². The van der Waals surface area contributed by atoms with Crippen LogP contribution in [0.1, 0.15) is 11.4 Å². The second-order valence-corrected chi connectivity index (χ2v) is 4.51. The third-order valence-electron chi connectivity index (χ3n) is 2.40. The van der Waals surface area contributed by atoms with Crippen LogP contribution < -0.4 is 0 Å². The molecule has 0 radical (unpaired) electrons. The molecule has 0 aliphatic rings. The molecule has 0 atom stereocenters. The Kier molecular flexibility index (Phi) is 3.78. The van der Waals surface area contributed by atoms with Crippen LogP contribution in [0.15, 0.2) is 35.5 Å². The van der Waals surface area contributed by atoms with Crippen LogP contribution in [0.3, 0.4) is 0 Å². The smallest absolute Gasteiger partial charge is 0.191 e. The summed E-state index contributed by atoms with van der Waals surface area (Å²) in [7, 11) is 1.93. The predicted octanol–water partition coefficient (Wildman–Crippen LogP) is 2.02. The molecule has 0 unspecified atom stereocenters. The lowest BCUT2D eigenvalue weighted by molar-refractivity contribution is 0.749. The zero-order chi connectivity index (χ0) is 12.1. The summed E-state index contributed by atoms with van der Waals surface area (Å²) in [6, 6.07) is 12.2. The molecule has 2 rings (SSSR count). The molecular weight excluding hydrogens is 232 g/mol. The SMILES string of the molecule is Cn1c(Cc2ccccc2)nnc1SCC#N. The van der Waals surface area contributed by atoms with Crippen molar-refractivity contribution in [3.05, 3.63) is 41.7 Å². The summed E-state index contributed by atoms with van der Waals surface area (Å²) in [5.41, 5.74) is 1.21. The lowest BCUT2D eigenvalue weighted by Gasteiger charge is -2.02. The molecule has 86 valence electrons. The Labute approximate surface area is 104 Å². The van der Waals surface area contributed by atoms with E-state index in [4.69, 9.17) is 5.26 Å². The first-order valence-electron chi connectivity index (χ1n) is 5.23. The zero-order valence-electron chi connectivity index (χ0n) is 9.50. The molecule has 0 saturated heterocycles. The molecule has 0 aliphatic heterocycles. The topological polar surface area (TPSA) is 54.5 Å². The van der Waals surface area contributed by atoms with Gasteiger partial charge in [0.05, 0.1) is 11.8 Å². The minimum Gasteiger partial charge on any atom is -0.309 e. The van der Waals surface area contributed by atoms with Crippen LogP contribution in [0.5, 0.6) is 0 Å². The molecule has 5 heteroatoms. The predicted molar refractivity (Wildman–Crippen MR) is 66.6 cm³/mol. The summed E-state index contributed by atoms with van der Waals surface area (Å²) in [6.45, 7) is 0. The van der Waals surface area contributed by atoms with E-state index in [-0.39, 0.29) is 0 Å². The van der Waals surface area contributed by atoms with Crippen molar-refractivity contribution >= 4 is 11.8 Å². The third-order valence-corrected chi connectivity index (χ3v) is 3.28. The fraction of sp³-hybridized carbons (Fsp3) is 0.250. The van der Waals surface area contributed by atoms with Crippen LogP contribution in [0, 0.1) is 11.3 Å². The molecule has 1 aromatic carbocycles. The van der Waals surface area contributed by atoms with Crippen molar-refractivity contribution in [3.63, 3.8) is 0 Å². The quantitative estimate of drug-likeness (QED) is 0.772. The van der Waals surface area contributed by atoms with Crippen LogP contribution in [0.4, 0.5) is 0 Å². The van der Waals surface area contributed by atoms with Crippen molar-refractivity contribution < 1.29 is 0 Å². The zero-order valence-corrected chi connectivity index (χ0v) is 10.3. The highest BCUT2D eigenvalue weighted by molar-refractivity contribution is 7.99. The molecule has 17 heavy (non-hydrogen) atoms. The van der Waals surface area contributed by atoms with Gasteiger partial charge in [0, 0.05) is 13.5 Å². The maximum absolute atomic E-state index is 8.53. The molecule has 0 N–H and O–H groups in total. The van der Waals surface area contributed by atoms with Crippen LogP contribution in [0.2, 0.25) is 0 Å². The van der Waals surface area contributed by atoms with Crippen molar-refractivity contribution in [1.82, 2.24) is 14.8 Å². The number of hydrogen-bond donors (Lipinski definition) is 0. The van der Waals surface area contributed by atoms with Gasteiger partial charge >= 0.3 is 0 Å². The van der Waals surface area contributed by atoms with Crippen molar-refractivity contribution in [1.29, 1.82) is 5.26 Å². The molecule has 0 bridgehead atoms. The van der Waals surface area contributed by atoms with Gasteiger partial charge in [-0.3, -0.25) is 0 Å². The van der Waals surface area contributed by atoms with E-state index in [2.05, 4.69) is 28.4 Å². The lowest BCUT2D eigenvalue weighted by atomic mass is 10.1. The van der Waals surface area contributed by atoms with Crippen LogP contribution in [0.25, 0.3) is 0 Å². The van der Waals surface area contributed by atoms with Gasteiger partial charge in [-0.1, -0.05) is 42.1 Å². The first-order chi connectivity index (χ1) is 8.31. The molecule has 0 aliphatic carbocycles. The monoisotopic (exact) mass is 244 g/mol. The van der Waals surface area contributed by atoms with E-state index in [1.54, 1.807) is 0 Å². The number of benzene rings is 1. The molecule has 0 spiro atoms. The van der Waals surface area contributed by atoms with Crippen molar-refractivity contribution in [2.24, 2.45) is 7.05 Å². The normalized spacial score (nSPS) is 10.1. The minimum absolute atomic E-state index is 0.400. The number of nitriles is 1. The second-order valence-electron chi connectivity index (χ2n) is 3.57. The minimum atomic E-state index is 0.400. The fourth-order valence-electron chi connectivity index (χ4n) is 1.50. The molecule has 4 nitrogen and oxygen atoms in total. The van der Waals surface area contributed by atoms with Crippen molar-refractivity contribution in [2.45, 2.75) is 11.6 Å². The Bertz CT molecular complexity index is 527. The number of rotatable bonds is 4. The van der Waals surface area contributed by atoms with Gasteiger partial charge in [0.2, 0.25) is 0 Å². The Balaban J connectivity index is 2.13. The first-order valence-corrected chi connectivity index (χ1v) is 6.21. The highest BCUT2D eigenvalue weighted by Gasteiger charge is 2.09. The van der Waals surface area contributed by atoms with E-state index >= 15 is 0 Å². The number of aromatic nitrogens is 3. The lowest BCUT2D eigenvalue weighted by Crippen LogP contribution is -2.00. The van der Waals surface area contributed by atoms with Gasteiger partial charge in [-0.15, -0.1) is 10.2 Å². The van der Waals surface area contributed by atoms with E-state index < -0.39 is 0 Å². The van der Waals surface area contributed by atoms with E-state index in [1.807, 2.05) is 29.8 Å². The maximum Gasteiger partial charge on any atom is 0.191 e. The molecule has 0 fully saturated rings. The van der Waals surface area contributed by atoms with Crippen LogP contribution in [-0.2, 0) is 13.5 Å². The summed E-state index contributed by atoms with van der Waals surface area (Å²) in [6.07, 6.45) is 0.761. The summed E-state index contributed by atoms with van der Waals surface area (Å²) in [5.74, 6) is 1.31. The molecule has 0 saturated carbocycles. The standard InChI is InChI=1S/C12H12N4S/c1-16-11(9-10-5-3-2-4-6-10)14-15-12(16)17-8-7-13/h2-6H,8-9H2,1H3. The van der Waals surface area contributed by atoms with Gasteiger partial charge in [-0.2, -0.15) is 5.26 Å². The van der Waals surface area contributed by atoms with Gasteiger partial charge < -0.3 is 4.57 Å². The van der Waals surface area contributed by atoms with Crippen molar-refractivity contribution in [3.8, 4) is 6.07 Å². The van der Waals surface area contributed by atoms with Gasteiger partial charge in [0.25, 0.3) is 0 Å². The Morgan fingerprint density at radius 2 is 2.06 bits per heavy atom. The van der Waals surface area contributed by atoms with E-state index in [9.17, 15) is 0 Å². The fourth-order valence-corrected chi connectivity index (χ4v) is 2.09. The molecule has 1 heterocycles. The average Bonchev–Trinajstić information content (AvgIpc) is 2.70. The van der Waals surface area contributed by atoms with E-state index in [0.717, 1.165) is 17.4 Å². The third kappa shape index (κ3) is 2.86. The van der Waals surface area contributed by atoms with Crippen LogP contribution >= 0.6 is 11.8 Å². The Hall–Kier alpha value is -1.80. The maximum atomic E-state index is 8.53. The summed E-state index contributed by atoms with van der Waals surface area (Å²) < 4.78 is 1.94. The van der Waals surface area contributed by atoms with Gasteiger partial charge in [0.1, 0.15) is 5.82 Å². The number of nitrogens with zero attached hydrogens (tertiary/aromatic N) is 4. The molecule has 2 aromatic rings. The van der Waals surface area contributed by atoms with Gasteiger partial charge in [-0.25, -0.2) is 0 Å².